The lowest BCUT2D eigenvalue weighted by molar-refractivity contribution is 0.0938. The van der Waals surface area contributed by atoms with Gasteiger partial charge in [0.15, 0.2) is 11.5 Å². The van der Waals surface area contributed by atoms with Gasteiger partial charge in [0.05, 0.1) is 20.3 Å². The van der Waals surface area contributed by atoms with Crippen LogP contribution in [0, 0.1) is 13.8 Å². The van der Waals surface area contributed by atoms with E-state index in [1.165, 1.54) is 18.4 Å². The van der Waals surface area contributed by atoms with Crippen LogP contribution in [0.3, 0.4) is 0 Å². The Balaban J connectivity index is 1.79. The van der Waals surface area contributed by atoms with Crippen LogP contribution in [0.15, 0.2) is 36.4 Å². The molecule has 1 aliphatic rings. The minimum Gasteiger partial charge on any atom is -0.493 e. The number of methoxy groups -OCH3 is 2. The van der Waals surface area contributed by atoms with Crippen LogP contribution in [0.4, 0.5) is 0 Å². The first-order chi connectivity index (χ1) is 13.5. The first kappa shape index (κ1) is 20.2. The van der Waals surface area contributed by atoms with Crippen molar-refractivity contribution in [1.29, 1.82) is 0 Å². The minimum absolute atomic E-state index is 0.0345. The molecule has 5 nitrogen and oxygen atoms in total. The third-order valence-corrected chi connectivity index (χ3v) is 5.60. The lowest BCUT2D eigenvalue weighted by Crippen LogP contribution is -2.36. The molecule has 0 aromatic heterocycles. The van der Waals surface area contributed by atoms with Crippen LogP contribution in [-0.2, 0) is 0 Å². The number of carbonyl (C=O) groups excluding carboxylic acids is 1. The molecule has 1 fully saturated rings. The highest BCUT2D eigenvalue weighted by Crippen LogP contribution is 2.33. The van der Waals surface area contributed by atoms with Crippen molar-refractivity contribution >= 4 is 5.91 Å². The fourth-order valence-corrected chi connectivity index (χ4v) is 3.75. The van der Waals surface area contributed by atoms with Crippen LogP contribution in [0.5, 0.6) is 11.5 Å². The Morgan fingerprint density at radius 2 is 1.71 bits per heavy atom. The molecule has 1 aliphatic heterocycles. The second-order valence-electron chi connectivity index (χ2n) is 7.38. The summed E-state index contributed by atoms with van der Waals surface area (Å²) in [5, 5.41) is 3.13. The number of ether oxygens (including phenoxy) is 2. The molecule has 150 valence electrons. The number of nitrogens with zero attached hydrogens (tertiary/aromatic N) is 1. The SMILES string of the molecule is COc1ccc(C(CNC(=O)c2ccc(C)c(C)c2)N2CCCC2)cc1OC. The van der Waals surface area contributed by atoms with Crippen molar-refractivity contribution in [2.24, 2.45) is 0 Å². The molecule has 0 bridgehead atoms. The standard InChI is InChI=1S/C23H30N2O3/c1-16-7-8-19(13-17(16)2)23(26)24-15-20(25-11-5-6-12-25)18-9-10-21(27-3)22(14-18)28-4/h7-10,13-14,20H,5-6,11-12,15H2,1-4H3,(H,24,26). The number of hydrogen-bond donors (Lipinski definition) is 1. The van der Waals surface area contributed by atoms with E-state index in [4.69, 9.17) is 9.47 Å². The third-order valence-electron chi connectivity index (χ3n) is 5.60. The number of hydrogen-bond acceptors (Lipinski definition) is 4. The van der Waals surface area contributed by atoms with E-state index < -0.39 is 0 Å². The van der Waals surface area contributed by atoms with E-state index in [1.807, 2.05) is 37.3 Å². The zero-order chi connectivity index (χ0) is 20.1. The van der Waals surface area contributed by atoms with Crippen molar-refractivity contribution < 1.29 is 14.3 Å². The smallest absolute Gasteiger partial charge is 0.251 e. The van der Waals surface area contributed by atoms with E-state index in [0.717, 1.165) is 24.2 Å². The Labute approximate surface area is 167 Å². The second kappa shape index (κ2) is 9.11. The lowest BCUT2D eigenvalue weighted by atomic mass is 10.0. The van der Waals surface area contributed by atoms with Gasteiger partial charge in [0.1, 0.15) is 0 Å². The summed E-state index contributed by atoms with van der Waals surface area (Å²) in [5.41, 5.74) is 4.15. The van der Waals surface area contributed by atoms with E-state index in [-0.39, 0.29) is 11.9 Å². The highest BCUT2D eigenvalue weighted by atomic mass is 16.5. The molecule has 0 aliphatic carbocycles. The average molecular weight is 383 g/mol. The molecule has 3 rings (SSSR count). The van der Waals surface area contributed by atoms with E-state index in [0.29, 0.717) is 23.6 Å². The van der Waals surface area contributed by atoms with Gasteiger partial charge in [0, 0.05) is 12.1 Å². The molecule has 1 N–H and O–H groups in total. The Morgan fingerprint density at radius 1 is 1.00 bits per heavy atom. The highest BCUT2D eigenvalue weighted by Gasteiger charge is 2.25. The molecule has 5 heteroatoms. The summed E-state index contributed by atoms with van der Waals surface area (Å²) >= 11 is 0. The van der Waals surface area contributed by atoms with Gasteiger partial charge in [0.25, 0.3) is 5.91 Å². The van der Waals surface area contributed by atoms with Crippen LogP contribution in [-0.4, -0.2) is 44.7 Å². The summed E-state index contributed by atoms with van der Waals surface area (Å²) in [6, 6.07) is 12.0. The number of benzene rings is 2. The molecule has 2 aromatic carbocycles. The molecule has 1 atom stereocenters. The van der Waals surface area contributed by atoms with Gasteiger partial charge in [-0.2, -0.15) is 0 Å². The first-order valence-electron chi connectivity index (χ1n) is 9.85. The second-order valence-corrected chi connectivity index (χ2v) is 7.38. The summed E-state index contributed by atoms with van der Waals surface area (Å²) in [5.74, 6) is 1.39. The van der Waals surface area contributed by atoms with Crippen LogP contribution < -0.4 is 14.8 Å². The lowest BCUT2D eigenvalue weighted by Gasteiger charge is -2.28. The summed E-state index contributed by atoms with van der Waals surface area (Å²) < 4.78 is 10.8. The van der Waals surface area contributed by atoms with Gasteiger partial charge < -0.3 is 14.8 Å². The quantitative estimate of drug-likeness (QED) is 0.789. The average Bonchev–Trinajstić information content (AvgIpc) is 3.24. The van der Waals surface area contributed by atoms with E-state index >= 15 is 0 Å². The highest BCUT2D eigenvalue weighted by molar-refractivity contribution is 5.94. The summed E-state index contributed by atoms with van der Waals surface area (Å²) in [4.78, 5) is 15.1. The Morgan fingerprint density at radius 3 is 2.36 bits per heavy atom. The molecular formula is C23H30N2O3. The molecule has 0 saturated carbocycles. The molecule has 1 amide bonds. The van der Waals surface area contributed by atoms with Crippen molar-refractivity contribution in [3.8, 4) is 11.5 Å². The molecule has 28 heavy (non-hydrogen) atoms. The van der Waals surface area contributed by atoms with Crippen molar-refractivity contribution in [2.45, 2.75) is 32.7 Å². The minimum atomic E-state index is -0.0345. The predicted octanol–water partition coefficient (Wildman–Crippen LogP) is 3.89. The van der Waals surface area contributed by atoms with Crippen LogP contribution >= 0.6 is 0 Å². The number of nitrogens with one attached hydrogen (secondary N) is 1. The van der Waals surface area contributed by atoms with Crippen LogP contribution in [0.25, 0.3) is 0 Å². The normalized spacial score (nSPS) is 15.3. The largest absolute Gasteiger partial charge is 0.493 e. The maximum absolute atomic E-state index is 12.7. The predicted molar refractivity (Wildman–Crippen MR) is 111 cm³/mol. The zero-order valence-corrected chi connectivity index (χ0v) is 17.2. The molecule has 2 aromatic rings. The fourth-order valence-electron chi connectivity index (χ4n) is 3.75. The topological polar surface area (TPSA) is 50.8 Å². The fraction of sp³-hybridized carbons (Fsp3) is 0.435. The van der Waals surface area contributed by atoms with Crippen LogP contribution in [0.1, 0.15) is 45.9 Å². The van der Waals surface area contributed by atoms with Gasteiger partial charge in [-0.05, 0) is 80.7 Å². The summed E-state index contributed by atoms with van der Waals surface area (Å²) in [7, 11) is 3.28. The maximum Gasteiger partial charge on any atom is 0.251 e. The maximum atomic E-state index is 12.7. The number of aryl methyl sites for hydroxylation is 2. The van der Waals surface area contributed by atoms with Crippen LogP contribution in [0.2, 0.25) is 0 Å². The van der Waals surface area contributed by atoms with Crippen molar-refractivity contribution in [1.82, 2.24) is 10.2 Å². The van der Waals surface area contributed by atoms with Crippen molar-refractivity contribution in [3.05, 3.63) is 58.7 Å². The van der Waals surface area contributed by atoms with Gasteiger partial charge >= 0.3 is 0 Å². The van der Waals surface area contributed by atoms with Crippen molar-refractivity contribution in [2.75, 3.05) is 33.9 Å². The molecule has 1 saturated heterocycles. The Kier molecular flexibility index (Phi) is 6.57. The van der Waals surface area contributed by atoms with Gasteiger partial charge in [-0.3, -0.25) is 9.69 Å². The molecular weight excluding hydrogens is 352 g/mol. The molecule has 0 spiro atoms. The summed E-state index contributed by atoms with van der Waals surface area (Å²) in [6.45, 7) is 6.72. The van der Waals surface area contributed by atoms with Gasteiger partial charge in [-0.25, -0.2) is 0 Å². The van der Waals surface area contributed by atoms with E-state index in [1.54, 1.807) is 14.2 Å². The Bertz CT molecular complexity index is 829. The first-order valence-corrected chi connectivity index (χ1v) is 9.85. The zero-order valence-electron chi connectivity index (χ0n) is 17.2. The van der Waals surface area contributed by atoms with Gasteiger partial charge in [0.2, 0.25) is 0 Å². The third kappa shape index (κ3) is 4.47. The summed E-state index contributed by atoms with van der Waals surface area (Å²) in [6.07, 6.45) is 2.38. The van der Waals surface area contributed by atoms with E-state index in [9.17, 15) is 4.79 Å². The van der Waals surface area contributed by atoms with Gasteiger partial charge in [-0.1, -0.05) is 12.1 Å². The monoisotopic (exact) mass is 382 g/mol. The number of likely N-dealkylation sites (tertiary alicyclic amines) is 1. The number of amides is 1. The van der Waals surface area contributed by atoms with E-state index in [2.05, 4.69) is 23.2 Å². The number of rotatable bonds is 7. The van der Waals surface area contributed by atoms with Gasteiger partial charge in [-0.15, -0.1) is 0 Å². The molecule has 0 radical (unpaired) electrons. The number of carbonyl (C=O) groups is 1. The Hall–Kier alpha value is -2.53. The van der Waals surface area contributed by atoms with Crippen molar-refractivity contribution in [3.63, 3.8) is 0 Å². The molecule has 1 unspecified atom stereocenters. The molecule has 1 heterocycles.